The van der Waals surface area contributed by atoms with Gasteiger partial charge >= 0.3 is 0 Å². The van der Waals surface area contributed by atoms with Crippen LogP contribution in [0.3, 0.4) is 0 Å². The zero-order chi connectivity index (χ0) is 13.2. The van der Waals surface area contributed by atoms with E-state index in [0.717, 1.165) is 10.3 Å². The first kappa shape index (κ1) is 13.3. The number of aromatic nitrogens is 1. The molecule has 0 saturated heterocycles. The summed E-state index contributed by atoms with van der Waals surface area (Å²) in [7, 11) is 1.47. The van der Waals surface area contributed by atoms with Crippen LogP contribution >= 0.6 is 0 Å². The fourth-order valence-electron chi connectivity index (χ4n) is 1.20. The fourth-order valence-corrected chi connectivity index (χ4v) is 1.20. The molecule has 0 fully saturated rings. The number of hydrogen-bond donors (Lipinski definition) is 1. The van der Waals surface area contributed by atoms with Crippen LogP contribution in [-0.4, -0.2) is 23.0 Å². The summed E-state index contributed by atoms with van der Waals surface area (Å²) in [6, 6.07) is 1.71. The average Bonchev–Trinajstić information content (AvgIpc) is 2.19. The van der Waals surface area contributed by atoms with Crippen LogP contribution in [0.2, 0.25) is 0 Å². The molecule has 0 radical (unpaired) electrons. The van der Waals surface area contributed by atoms with Gasteiger partial charge in [-0.15, -0.1) is 0 Å². The standard InChI is InChI=1S/C12H18N2O3/c1-8-6-9(17-5)10(14(16)7-8)13-11(15)12(2,3)4/h6-7,16H,1-5H3. The van der Waals surface area contributed by atoms with Gasteiger partial charge < -0.3 is 9.94 Å². The van der Waals surface area contributed by atoms with Gasteiger partial charge in [-0.3, -0.25) is 4.79 Å². The molecule has 0 bridgehead atoms. The molecule has 1 aromatic heterocycles. The SMILES string of the molecule is COc1cc(C)cn(O)c1=NC(=O)C(C)(C)C. The van der Waals surface area contributed by atoms with Crippen LogP contribution in [-0.2, 0) is 4.79 Å². The first-order chi connectivity index (χ1) is 7.75. The number of pyridine rings is 1. The summed E-state index contributed by atoms with van der Waals surface area (Å²) in [4.78, 5) is 15.7. The molecule has 5 heteroatoms. The number of methoxy groups -OCH3 is 1. The highest BCUT2D eigenvalue weighted by Crippen LogP contribution is 2.15. The minimum atomic E-state index is -0.594. The van der Waals surface area contributed by atoms with Gasteiger partial charge in [-0.2, -0.15) is 9.72 Å². The molecule has 94 valence electrons. The molecule has 0 atom stereocenters. The molecule has 0 aliphatic heterocycles. The van der Waals surface area contributed by atoms with Crippen LogP contribution < -0.4 is 10.2 Å². The molecule has 0 spiro atoms. The average molecular weight is 238 g/mol. The normalized spacial score (nSPS) is 12.6. The summed E-state index contributed by atoms with van der Waals surface area (Å²) in [6.45, 7) is 7.11. The number of rotatable bonds is 1. The van der Waals surface area contributed by atoms with E-state index >= 15 is 0 Å². The predicted octanol–water partition coefficient (Wildman–Crippen LogP) is 1.52. The van der Waals surface area contributed by atoms with E-state index in [0.29, 0.717) is 5.75 Å². The highest BCUT2D eigenvalue weighted by Gasteiger charge is 2.21. The number of amides is 1. The van der Waals surface area contributed by atoms with E-state index in [-0.39, 0.29) is 11.4 Å². The lowest BCUT2D eigenvalue weighted by molar-refractivity contribution is -0.125. The van der Waals surface area contributed by atoms with Gasteiger partial charge in [-0.25, -0.2) is 0 Å². The Balaban J connectivity index is 3.41. The van der Waals surface area contributed by atoms with Crippen molar-refractivity contribution in [1.82, 2.24) is 4.73 Å². The Hall–Kier alpha value is -1.78. The van der Waals surface area contributed by atoms with Crippen molar-refractivity contribution in [3.8, 4) is 5.75 Å². The van der Waals surface area contributed by atoms with Crippen LogP contribution in [0, 0.1) is 12.3 Å². The molecule has 0 aliphatic carbocycles. The Morgan fingerprint density at radius 2 is 2.06 bits per heavy atom. The van der Waals surface area contributed by atoms with Crippen molar-refractivity contribution in [2.75, 3.05) is 7.11 Å². The number of carbonyl (C=O) groups excluding carboxylic acids is 1. The highest BCUT2D eigenvalue weighted by molar-refractivity contribution is 5.82. The van der Waals surface area contributed by atoms with E-state index in [1.807, 2.05) is 6.92 Å². The van der Waals surface area contributed by atoms with Crippen LogP contribution in [0.5, 0.6) is 5.75 Å². The first-order valence-electron chi connectivity index (χ1n) is 5.31. The van der Waals surface area contributed by atoms with Gasteiger partial charge in [0.2, 0.25) is 5.49 Å². The maximum Gasteiger partial charge on any atom is 0.253 e. The van der Waals surface area contributed by atoms with Crippen molar-refractivity contribution < 1.29 is 14.7 Å². The van der Waals surface area contributed by atoms with Crippen molar-refractivity contribution in [2.45, 2.75) is 27.7 Å². The minimum Gasteiger partial charge on any atom is -0.493 e. The topological polar surface area (TPSA) is 63.8 Å². The highest BCUT2D eigenvalue weighted by atomic mass is 16.5. The van der Waals surface area contributed by atoms with Crippen molar-refractivity contribution in [3.63, 3.8) is 0 Å². The summed E-state index contributed by atoms with van der Waals surface area (Å²) in [5.74, 6) is 0.0487. The van der Waals surface area contributed by atoms with Crippen LogP contribution in [0.4, 0.5) is 0 Å². The Morgan fingerprint density at radius 3 is 2.53 bits per heavy atom. The number of aryl methyl sites for hydroxylation is 1. The molecule has 17 heavy (non-hydrogen) atoms. The second-order valence-electron chi connectivity index (χ2n) is 4.92. The summed E-state index contributed by atoms with van der Waals surface area (Å²) < 4.78 is 5.90. The number of carbonyl (C=O) groups is 1. The molecular formula is C12H18N2O3. The fraction of sp³-hybridized carbons (Fsp3) is 0.500. The molecule has 0 aromatic carbocycles. The molecule has 1 rings (SSSR count). The van der Waals surface area contributed by atoms with E-state index in [1.165, 1.54) is 13.3 Å². The number of nitrogens with zero attached hydrogens (tertiary/aromatic N) is 2. The quantitative estimate of drug-likeness (QED) is 0.754. The smallest absolute Gasteiger partial charge is 0.253 e. The Kier molecular flexibility index (Phi) is 3.60. The molecule has 0 unspecified atom stereocenters. The third-order valence-corrected chi connectivity index (χ3v) is 2.19. The van der Waals surface area contributed by atoms with E-state index in [9.17, 15) is 10.0 Å². The minimum absolute atomic E-state index is 0.109. The molecule has 0 saturated carbocycles. The third kappa shape index (κ3) is 3.09. The lowest BCUT2D eigenvalue weighted by Gasteiger charge is -2.13. The maximum atomic E-state index is 11.8. The molecule has 1 aromatic rings. The lowest BCUT2D eigenvalue weighted by Crippen LogP contribution is -2.27. The molecule has 1 N–H and O–H groups in total. The van der Waals surface area contributed by atoms with Gasteiger partial charge in [0.1, 0.15) is 0 Å². The van der Waals surface area contributed by atoms with Gasteiger partial charge in [0.05, 0.1) is 7.11 Å². The van der Waals surface area contributed by atoms with Crippen LogP contribution in [0.1, 0.15) is 26.3 Å². The van der Waals surface area contributed by atoms with E-state index in [4.69, 9.17) is 4.74 Å². The summed E-state index contributed by atoms with van der Waals surface area (Å²) in [6.07, 6.45) is 1.47. The van der Waals surface area contributed by atoms with Crippen molar-refractivity contribution in [1.29, 1.82) is 0 Å². The number of ether oxygens (including phenoxy) is 1. The second kappa shape index (κ2) is 4.61. The molecule has 1 heterocycles. The largest absolute Gasteiger partial charge is 0.493 e. The van der Waals surface area contributed by atoms with E-state index < -0.39 is 5.41 Å². The van der Waals surface area contributed by atoms with Gasteiger partial charge in [-0.1, -0.05) is 20.8 Å². The molecule has 0 aliphatic rings. The Labute approximate surface area is 100 Å². The first-order valence-corrected chi connectivity index (χ1v) is 5.31. The third-order valence-electron chi connectivity index (χ3n) is 2.19. The van der Waals surface area contributed by atoms with Crippen molar-refractivity contribution in [3.05, 3.63) is 23.3 Å². The zero-order valence-electron chi connectivity index (χ0n) is 10.8. The van der Waals surface area contributed by atoms with Crippen molar-refractivity contribution in [2.24, 2.45) is 10.4 Å². The van der Waals surface area contributed by atoms with E-state index in [1.54, 1.807) is 26.8 Å². The second-order valence-corrected chi connectivity index (χ2v) is 4.92. The van der Waals surface area contributed by atoms with Gasteiger partial charge in [0.25, 0.3) is 5.91 Å². The van der Waals surface area contributed by atoms with Gasteiger partial charge in [-0.05, 0) is 18.6 Å². The van der Waals surface area contributed by atoms with Crippen molar-refractivity contribution >= 4 is 5.91 Å². The number of hydrogen-bond acceptors (Lipinski definition) is 3. The maximum absolute atomic E-state index is 11.8. The summed E-state index contributed by atoms with van der Waals surface area (Å²) in [5.41, 5.74) is 0.327. The molecular weight excluding hydrogens is 220 g/mol. The van der Waals surface area contributed by atoms with Crippen LogP contribution in [0.25, 0.3) is 0 Å². The molecule has 1 amide bonds. The molecule has 5 nitrogen and oxygen atoms in total. The predicted molar refractivity (Wildman–Crippen MR) is 62.9 cm³/mol. The van der Waals surface area contributed by atoms with Crippen LogP contribution in [0.15, 0.2) is 17.3 Å². The Morgan fingerprint density at radius 1 is 1.47 bits per heavy atom. The summed E-state index contributed by atoms with van der Waals surface area (Å²) >= 11 is 0. The monoisotopic (exact) mass is 238 g/mol. The Bertz CT molecular complexity index is 495. The summed E-state index contributed by atoms with van der Waals surface area (Å²) in [5, 5.41) is 9.71. The zero-order valence-corrected chi connectivity index (χ0v) is 10.8. The van der Waals surface area contributed by atoms with Gasteiger partial charge in [0, 0.05) is 11.6 Å². The van der Waals surface area contributed by atoms with E-state index in [2.05, 4.69) is 4.99 Å². The van der Waals surface area contributed by atoms with Gasteiger partial charge in [0.15, 0.2) is 5.75 Å². The lowest BCUT2D eigenvalue weighted by atomic mass is 9.96.